The van der Waals surface area contributed by atoms with E-state index in [2.05, 4.69) is 0 Å². The minimum atomic E-state index is -1.12. The van der Waals surface area contributed by atoms with Gasteiger partial charge in [-0.1, -0.05) is 54.6 Å². The zero-order valence-electron chi connectivity index (χ0n) is 18.9. The van der Waals surface area contributed by atoms with Gasteiger partial charge in [-0.3, -0.25) is 4.79 Å². The minimum absolute atomic E-state index is 0. The number of aliphatic hydroxyl groups is 1. The van der Waals surface area contributed by atoms with Crippen LogP contribution in [0.2, 0.25) is 0 Å². The molecule has 0 heterocycles. The van der Waals surface area contributed by atoms with Crippen LogP contribution in [0.4, 0.5) is 0 Å². The van der Waals surface area contributed by atoms with Crippen molar-refractivity contribution in [2.45, 2.75) is 18.6 Å². The molecule has 0 aliphatic carbocycles. The second kappa shape index (κ2) is 12.8. The third-order valence-corrected chi connectivity index (χ3v) is 5.07. The number of methoxy groups -OCH3 is 2. The SMILES string of the molecule is COc1ccc(C(OC([CH-]OC(C)=O)CO)(c2ccccc2)c2ccc(OC)cc2)cc1.[U]. The zero-order valence-corrected chi connectivity index (χ0v) is 23.0. The molecule has 0 aromatic heterocycles. The van der Waals surface area contributed by atoms with Crippen LogP contribution >= 0.6 is 0 Å². The van der Waals surface area contributed by atoms with Crippen molar-refractivity contribution in [3.63, 3.8) is 0 Å². The molecule has 1 unspecified atom stereocenters. The summed E-state index contributed by atoms with van der Waals surface area (Å²) in [7, 11) is 3.21. The molecule has 0 saturated heterocycles. The Morgan fingerprint density at radius 2 is 1.30 bits per heavy atom. The molecule has 0 spiro atoms. The van der Waals surface area contributed by atoms with E-state index in [0.29, 0.717) is 11.5 Å². The van der Waals surface area contributed by atoms with Gasteiger partial charge in [0.15, 0.2) is 0 Å². The van der Waals surface area contributed by atoms with Crippen LogP contribution in [0.3, 0.4) is 0 Å². The van der Waals surface area contributed by atoms with Crippen LogP contribution in [-0.2, 0) is 19.9 Å². The predicted octanol–water partition coefficient (Wildman–Crippen LogP) is 4.10. The van der Waals surface area contributed by atoms with Crippen LogP contribution in [0.25, 0.3) is 0 Å². The quantitative estimate of drug-likeness (QED) is 0.199. The van der Waals surface area contributed by atoms with Gasteiger partial charge in [0.25, 0.3) is 5.97 Å². The Hall–Kier alpha value is -2.30. The predicted molar refractivity (Wildman–Crippen MR) is 120 cm³/mol. The first-order valence-corrected chi connectivity index (χ1v) is 10.2. The molecule has 0 amide bonds. The van der Waals surface area contributed by atoms with Crippen molar-refractivity contribution in [2.24, 2.45) is 0 Å². The van der Waals surface area contributed by atoms with Gasteiger partial charge in [-0.15, -0.1) is 6.61 Å². The number of rotatable bonds is 10. The van der Waals surface area contributed by atoms with Crippen LogP contribution in [0, 0.1) is 37.7 Å². The van der Waals surface area contributed by atoms with Gasteiger partial charge in [0, 0.05) is 44.6 Å². The molecule has 33 heavy (non-hydrogen) atoms. The molecule has 3 aromatic rings. The Morgan fingerprint density at radius 1 is 0.848 bits per heavy atom. The number of aliphatic hydroxyl groups excluding tert-OH is 1. The fraction of sp³-hybridized carbons (Fsp3) is 0.231. The Bertz CT molecular complexity index is 942. The molecule has 0 bridgehead atoms. The van der Waals surface area contributed by atoms with Gasteiger partial charge >= 0.3 is 0 Å². The summed E-state index contributed by atoms with van der Waals surface area (Å²) >= 11 is 0. The maximum Gasteiger partial charge on any atom is 0.271 e. The molecule has 172 valence electrons. The van der Waals surface area contributed by atoms with Crippen LogP contribution in [0.1, 0.15) is 23.6 Å². The minimum Gasteiger partial charge on any atom is -0.635 e. The largest absolute Gasteiger partial charge is 0.635 e. The van der Waals surface area contributed by atoms with Crippen LogP contribution in [0.15, 0.2) is 78.9 Å². The van der Waals surface area contributed by atoms with Crippen molar-refractivity contribution in [1.29, 1.82) is 0 Å². The first kappa shape index (κ1) is 27.0. The maximum atomic E-state index is 11.4. The molecule has 0 aliphatic heterocycles. The van der Waals surface area contributed by atoms with Gasteiger partial charge in [0.1, 0.15) is 17.1 Å². The summed E-state index contributed by atoms with van der Waals surface area (Å²) in [5.74, 6) is 0.914. The normalized spacial score (nSPS) is 11.8. The van der Waals surface area contributed by atoms with Crippen LogP contribution < -0.4 is 9.47 Å². The number of esters is 1. The molecule has 1 N–H and O–H groups in total. The van der Waals surface area contributed by atoms with Crippen molar-refractivity contribution < 1.29 is 60.0 Å². The van der Waals surface area contributed by atoms with Gasteiger partial charge in [-0.2, -0.15) is 0 Å². The Balaban J connectivity index is 0.00000385. The molecule has 0 radical (unpaired) electrons. The zero-order chi connectivity index (χ0) is 23.0. The van der Waals surface area contributed by atoms with Crippen molar-refractivity contribution in [2.75, 3.05) is 20.8 Å². The molecular weight excluding hydrogens is 646 g/mol. The molecule has 0 saturated carbocycles. The third-order valence-electron chi connectivity index (χ3n) is 5.07. The fourth-order valence-electron chi connectivity index (χ4n) is 3.54. The van der Waals surface area contributed by atoms with Crippen molar-refractivity contribution in [1.82, 2.24) is 0 Å². The summed E-state index contributed by atoms with van der Waals surface area (Å²) in [6.45, 7) is 2.13. The molecule has 0 fully saturated rings. The van der Waals surface area contributed by atoms with Gasteiger partial charge < -0.3 is 24.1 Å². The number of hydrogen-bond donors (Lipinski definition) is 1. The summed E-state index contributed by atoms with van der Waals surface area (Å²) in [4.78, 5) is 11.4. The van der Waals surface area contributed by atoms with Gasteiger partial charge in [0.2, 0.25) is 0 Å². The number of benzene rings is 3. The van der Waals surface area contributed by atoms with Crippen molar-refractivity contribution in [3.8, 4) is 11.5 Å². The van der Waals surface area contributed by atoms with E-state index < -0.39 is 17.7 Å². The van der Waals surface area contributed by atoms with Gasteiger partial charge in [-0.25, -0.2) is 0 Å². The fourth-order valence-corrected chi connectivity index (χ4v) is 3.54. The number of carbonyl (C=O) groups excluding carboxylic acids is 1. The second-order valence-corrected chi connectivity index (χ2v) is 7.09. The Labute approximate surface area is 218 Å². The van der Waals surface area contributed by atoms with E-state index in [1.807, 2.05) is 78.9 Å². The monoisotopic (exact) mass is 673 g/mol. The topological polar surface area (TPSA) is 74.2 Å². The summed E-state index contributed by atoms with van der Waals surface area (Å²) in [6, 6.07) is 24.7. The number of ether oxygens (including phenoxy) is 4. The Kier molecular flexibility index (Phi) is 10.5. The Morgan fingerprint density at radius 3 is 1.70 bits per heavy atom. The smallest absolute Gasteiger partial charge is 0.271 e. The standard InChI is InChI=1S/C26H27O6.U/c1-19(28)31-18-25(17-27)32-26(20-7-5-4-6-8-20,21-9-13-23(29-2)14-10-21)22-11-15-24(30-3)16-12-22;/h4-16,18,25,27H,17H2,1-3H3;/q-1;. The molecule has 0 aliphatic rings. The molecule has 6 nitrogen and oxygen atoms in total. The van der Waals surface area contributed by atoms with Gasteiger partial charge in [-0.05, 0) is 47.1 Å². The van der Waals surface area contributed by atoms with Crippen molar-refractivity contribution >= 4 is 5.97 Å². The average molecular weight is 674 g/mol. The molecule has 3 rings (SSSR count). The van der Waals surface area contributed by atoms with E-state index in [9.17, 15) is 9.90 Å². The van der Waals surface area contributed by atoms with E-state index in [4.69, 9.17) is 18.9 Å². The summed E-state index contributed by atoms with van der Waals surface area (Å²) < 4.78 is 22.3. The summed E-state index contributed by atoms with van der Waals surface area (Å²) in [5, 5.41) is 10.0. The molecule has 1 atom stereocenters. The van der Waals surface area contributed by atoms with Crippen molar-refractivity contribution in [3.05, 3.63) is 102 Å². The number of carbonyl (C=O) groups is 1. The van der Waals surface area contributed by atoms with E-state index in [0.717, 1.165) is 16.7 Å². The van der Waals surface area contributed by atoms with Crippen LogP contribution in [-0.4, -0.2) is 38.0 Å². The maximum absolute atomic E-state index is 11.4. The molecular formula is C26H27O6U-. The van der Waals surface area contributed by atoms with E-state index in [1.54, 1.807) is 14.2 Å². The second-order valence-electron chi connectivity index (χ2n) is 7.09. The van der Waals surface area contributed by atoms with Crippen LogP contribution in [0.5, 0.6) is 11.5 Å². The first-order chi connectivity index (χ1) is 15.5. The molecule has 3 aromatic carbocycles. The van der Waals surface area contributed by atoms with E-state index in [-0.39, 0.29) is 37.7 Å². The molecule has 7 heteroatoms. The summed E-state index contributed by atoms with van der Waals surface area (Å²) in [6.07, 6.45) is -0.886. The first-order valence-electron chi connectivity index (χ1n) is 10.2. The third kappa shape index (κ3) is 6.39. The average Bonchev–Trinajstić information content (AvgIpc) is 2.85. The number of hydrogen-bond acceptors (Lipinski definition) is 6. The summed E-state index contributed by atoms with van der Waals surface area (Å²) in [5.41, 5.74) is 1.34. The van der Waals surface area contributed by atoms with E-state index in [1.165, 1.54) is 13.5 Å². The van der Waals surface area contributed by atoms with Gasteiger partial charge in [0.05, 0.1) is 14.2 Å². The van der Waals surface area contributed by atoms with E-state index >= 15 is 0 Å².